The summed E-state index contributed by atoms with van der Waals surface area (Å²) in [6, 6.07) is 10.3. The molecule has 0 unspecified atom stereocenters. The minimum absolute atomic E-state index is 0.0113. The molecule has 8 heteroatoms. The molecule has 2 N–H and O–H groups in total. The highest BCUT2D eigenvalue weighted by atomic mass is 127. The van der Waals surface area contributed by atoms with Gasteiger partial charge in [-0.05, 0) is 52.9 Å². The largest absolute Gasteiger partial charge is 0.478 e. The molecule has 2 aromatic rings. The molecule has 21 heavy (non-hydrogen) atoms. The zero-order chi connectivity index (χ0) is 15.6. The van der Waals surface area contributed by atoms with E-state index in [1.807, 2.05) is 22.6 Å². The average molecular weight is 438 g/mol. The lowest BCUT2D eigenvalue weighted by Gasteiger charge is -2.11. The van der Waals surface area contributed by atoms with E-state index in [0.717, 1.165) is 0 Å². The Hall–Kier alpha value is -1.32. The number of hydrogen-bond donors (Lipinski definition) is 2. The van der Waals surface area contributed by atoms with Gasteiger partial charge in [0.05, 0.1) is 16.3 Å². The Balaban J connectivity index is 2.47. The molecule has 110 valence electrons. The second-order valence-electron chi connectivity index (χ2n) is 4.03. The number of nitrogens with one attached hydrogen (secondary N) is 1. The molecule has 0 saturated heterocycles. The molecule has 0 heterocycles. The van der Waals surface area contributed by atoms with Gasteiger partial charge in [-0.2, -0.15) is 0 Å². The maximum absolute atomic E-state index is 12.3. The Labute approximate surface area is 140 Å². The summed E-state index contributed by atoms with van der Waals surface area (Å²) in [4.78, 5) is 11.1. The van der Waals surface area contributed by atoms with Crippen LogP contribution in [0.1, 0.15) is 10.4 Å². The number of sulfonamides is 1. The van der Waals surface area contributed by atoms with Crippen LogP contribution in [0.4, 0.5) is 5.69 Å². The van der Waals surface area contributed by atoms with Crippen molar-refractivity contribution in [2.24, 2.45) is 0 Å². The number of hydrogen-bond acceptors (Lipinski definition) is 3. The molecule has 5 nitrogen and oxygen atoms in total. The molecule has 0 aromatic heterocycles. The summed E-state index contributed by atoms with van der Waals surface area (Å²) in [6.45, 7) is 0. The molecule has 0 saturated carbocycles. The van der Waals surface area contributed by atoms with Gasteiger partial charge in [-0.3, -0.25) is 4.72 Å². The standard InChI is InChI=1S/C13H9ClINO4S/c14-10-3-1-2-4-12(10)21(19,20)16-11-6-5-8(15)7-9(11)13(17)18/h1-7,16H,(H,17,18). The van der Waals surface area contributed by atoms with Gasteiger partial charge < -0.3 is 5.11 Å². The van der Waals surface area contributed by atoms with Crippen molar-refractivity contribution in [2.75, 3.05) is 4.72 Å². The molecule has 0 aliphatic rings. The second kappa shape index (κ2) is 6.20. The van der Waals surface area contributed by atoms with Crippen LogP contribution in [0.15, 0.2) is 47.4 Å². The summed E-state index contributed by atoms with van der Waals surface area (Å²) in [5.74, 6) is -1.22. The number of rotatable bonds is 4. The number of anilines is 1. The van der Waals surface area contributed by atoms with Crippen molar-refractivity contribution in [1.82, 2.24) is 0 Å². The summed E-state index contributed by atoms with van der Waals surface area (Å²) < 4.78 is 27.5. The third-order valence-electron chi connectivity index (χ3n) is 2.58. The van der Waals surface area contributed by atoms with Crippen molar-refractivity contribution in [3.63, 3.8) is 0 Å². The molecule has 0 aliphatic heterocycles. The van der Waals surface area contributed by atoms with Crippen molar-refractivity contribution < 1.29 is 18.3 Å². The summed E-state index contributed by atoms with van der Waals surface area (Å²) in [5.41, 5.74) is -0.139. The Morgan fingerprint density at radius 1 is 1.19 bits per heavy atom. The van der Waals surface area contributed by atoms with Crippen molar-refractivity contribution in [1.29, 1.82) is 0 Å². The van der Waals surface area contributed by atoms with Crippen LogP contribution in [0.3, 0.4) is 0 Å². The normalized spacial score (nSPS) is 11.1. The van der Waals surface area contributed by atoms with Crippen molar-refractivity contribution >= 4 is 55.9 Å². The van der Waals surface area contributed by atoms with Crippen LogP contribution in [0.25, 0.3) is 0 Å². The third-order valence-corrected chi connectivity index (χ3v) is 5.12. The molecule has 0 spiro atoms. The number of benzene rings is 2. The highest BCUT2D eigenvalue weighted by Gasteiger charge is 2.20. The Kier molecular flexibility index (Phi) is 4.74. The van der Waals surface area contributed by atoms with E-state index >= 15 is 0 Å². The molecular formula is C13H9ClINO4S. The van der Waals surface area contributed by atoms with Crippen LogP contribution >= 0.6 is 34.2 Å². The monoisotopic (exact) mass is 437 g/mol. The molecule has 2 rings (SSSR count). The fourth-order valence-electron chi connectivity index (χ4n) is 1.64. The van der Waals surface area contributed by atoms with E-state index in [-0.39, 0.29) is 21.2 Å². The Morgan fingerprint density at radius 2 is 1.86 bits per heavy atom. The first kappa shape index (κ1) is 16.1. The van der Waals surface area contributed by atoms with Gasteiger partial charge in [0, 0.05) is 3.57 Å². The Bertz CT molecular complexity index is 808. The molecule has 0 fully saturated rings. The van der Waals surface area contributed by atoms with Crippen molar-refractivity contribution in [2.45, 2.75) is 4.90 Å². The summed E-state index contributed by atoms with van der Waals surface area (Å²) in [7, 11) is -3.96. The first-order valence-electron chi connectivity index (χ1n) is 5.61. The molecule has 2 aromatic carbocycles. The SMILES string of the molecule is O=C(O)c1cc(I)ccc1NS(=O)(=O)c1ccccc1Cl. The van der Waals surface area contributed by atoms with Gasteiger partial charge in [-0.1, -0.05) is 23.7 Å². The van der Waals surface area contributed by atoms with Gasteiger partial charge in [0.25, 0.3) is 10.0 Å². The van der Waals surface area contributed by atoms with E-state index in [4.69, 9.17) is 16.7 Å². The van der Waals surface area contributed by atoms with Crippen LogP contribution < -0.4 is 4.72 Å². The van der Waals surface area contributed by atoms with Crippen LogP contribution in [-0.2, 0) is 10.0 Å². The highest BCUT2D eigenvalue weighted by Crippen LogP contribution is 2.26. The molecule has 0 bridgehead atoms. The minimum Gasteiger partial charge on any atom is -0.478 e. The van der Waals surface area contributed by atoms with E-state index in [0.29, 0.717) is 3.57 Å². The van der Waals surface area contributed by atoms with Crippen LogP contribution in [0, 0.1) is 3.57 Å². The van der Waals surface area contributed by atoms with Crippen LogP contribution in [-0.4, -0.2) is 19.5 Å². The summed E-state index contributed by atoms with van der Waals surface area (Å²) >= 11 is 7.81. The van der Waals surface area contributed by atoms with Crippen molar-refractivity contribution in [3.05, 3.63) is 56.6 Å². The Morgan fingerprint density at radius 3 is 2.48 bits per heavy atom. The zero-order valence-corrected chi connectivity index (χ0v) is 14.1. The predicted molar refractivity (Wildman–Crippen MR) is 88.4 cm³/mol. The topological polar surface area (TPSA) is 83.5 Å². The van der Waals surface area contributed by atoms with Gasteiger partial charge in [0.15, 0.2) is 0 Å². The number of aromatic carboxylic acids is 1. The molecule has 0 aliphatic carbocycles. The lowest BCUT2D eigenvalue weighted by molar-refractivity contribution is 0.0698. The first-order chi connectivity index (χ1) is 9.81. The zero-order valence-electron chi connectivity index (χ0n) is 10.4. The average Bonchev–Trinajstić information content (AvgIpc) is 2.40. The quantitative estimate of drug-likeness (QED) is 0.718. The van der Waals surface area contributed by atoms with Gasteiger partial charge in [-0.15, -0.1) is 0 Å². The number of halogens is 2. The molecule has 0 atom stereocenters. The molecule has 0 radical (unpaired) electrons. The smallest absolute Gasteiger partial charge is 0.337 e. The number of carboxylic acid groups (broad SMARTS) is 1. The summed E-state index contributed by atoms with van der Waals surface area (Å²) in [6.07, 6.45) is 0. The second-order valence-corrected chi connectivity index (χ2v) is 7.33. The molecule has 0 amide bonds. The van der Waals surface area contributed by atoms with E-state index < -0.39 is 16.0 Å². The van der Waals surface area contributed by atoms with E-state index in [9.17, 15) is 13.2 Å². The van der Waals surface area contributed by atoms with E-state index in [1.165, 1.54) is 30.3 Å². The number of carboxylic acids is 1. The molecular weight excluding hydrogens is 429 g/mol. The predicted octanol–water partition coefficient (Wildman–Crippen LogP) is 3.44. The van der Waals surface area contributed by atoms with Gasteiger partial charge in [-0.25, -0.2) is 13.2 Å². The highest BCUT2D eigenvalue weighted by molar-refractivity contribution is 14.1. The van der Waals surface area contributed by atoms with Gasteiger partial charge in [0.2, 0.25) is 0 Å². The van der Waals surface area contributed by atoms with Crippen LogP contribution in [0.5, 0.6) is 0 Å². The minimum atomic E-state index is -3.96. The van der Waals surface area contributed by atoms with E-state index in [2.05, 4.69) is 4.72 Å². The summed E-state index contributed by atoms with van der Waals surface area (Å²) in [5, 5.41) is 9.21. The fourth-order valence-corrected chi connectivity index (χ4v) is 3.74. The lowest BCUT2D eigenvalue weighted by Crippen LogP contribution is -2.16. The van der Waals surface area contributed by atoms with Gasteiger partial charge in [0.1, 0.15) is 4.90 Å². The van der Waals surface area contributed by atoms with E-state index in [1.54, 1.807) is 12.1 Å². The third kappa shape index (κ3) is 3.66. The first-order valence-corrected chi connectivity index (χ1v) is 8.55. The van der Waals surface area contributed by atoms with Gasteiger partial charge >= 0.3 is 5.97 Å². The maximum atomic E-state index is 12.3. The maximum Gasteiger partial charge on any atom is 0.337 e. The number of carbonyl (C=O) groups is 1. The van der Waals surface area contributed by atoms with Crippen LogP contribution in [0.2, 0.25) is 5.02 Å². The van der Waals surface area contributed by atoms with Crippen molar-refractivity contribution in [3.8, 4) is 0 Å². The lowest BCUT2D eigenvalue weighted by atomic mass is 10.2. The fraction of sp³-hybridized carbons (Fsp3) is 0.